The van der Waals surface area contributed by atoms with Crippen LogP contribution in [0.15, 0.2) is 255 Å². The standard InChI is InChI=1S/C69H42/c1-4-18-52-45(13-1)16-11-24-54(52)48-31-27-43(28-32-48)50-36-38-58-59-39-37-51(44-29-33-49(34-30-44)55-25-12-17-46-14-2-5-19-53(46)55)42-65(59)69(64(58)41-50)63-26-10-9-23-62(63)67-60-22-8-7-21-57(60)61-40-35-47-15-3-6-20-56(47)66(61)68(67)69/h1-42H. The van der Waals surface area contributed by atoms with Gasteiger partial charge in [0.2, 0.25) is 0 Å². The van der Waals surface area contributed by atoms with Gasteiger partial charge in [0.25, 0.3) is 0 Å². The Kier molecular flexibility index (Phi) is 8.09. The average molecular weight is 871 g/mol. The Labute approximate surface area is 401 Å². The normalized spacial score (nSPS) is 13.0. The molecule has 2 aliphatic carbocycles. The topological polar surface area (TPSA) is 0 Å². The van der Waals surface area contributed by atoms with Gasteiger partial charge in [0.1, 0.15) is 0 Å². The summed E-state index contributed by atoms with van der Waals surface area (Å²) in [6.07, 6.45) is 0. The Balaban J connectivity index is 0.992. The molecule has 0 amide bonds. The lowest BCUT2D eigenvalue weighted by Gasteiger charge is -2.33. The van der Waals surface area contributed by atoms with Crippen LogP contribution in [0.1, 0.15) is 22.3 Å². The van der Waals surface area contributed by atoms with Crippen LogP contribution < -0.4 is 0 Å². The fourth-order valence-electron chi connectivity index (χ4n) is 12.7. The van der Waals surface area contributed by atoms with E-state index in [9.17, 15) is 0 Å². The highest BCUT2D eigenvalue weighted by molar-refractivity contribution is 6.26. The van der Waals surface area contributed by atoms with Crippen molar-refractivity contribution in [2.75, 3.05) is 0 Å². The predicted octanol–water partition coefficient (Wildman–Crippen LogP) is 18.5. The van der Waals surface area contributed by atoms with Gasteiger partial charge in [-0.3, -0.25) is 0 Å². The maximum atomic E-state index is 2.54. The van der Waals surface area contributed by atoms with Crippen LogP contribution in [0.5, 0.6) is 0 Å². The van der Waals surface area contributed by atoms with Gasteiger partial charge in [-0.25, -0.2) is 0 Å². The summed E-state index contributed by atoms with van der Waals surface area (Å²) in [5, 5.41) is 12.8. The number of fused-ring (bicyclic) bond motifs is 19. The van der Waals surface area contributed by atoms with Gasteiger partial charge in [-0.2, -0.15) is 0 Å². The lowest BCUT2D eigenvalue weighted by atomic mass is 9.68. The Morgan fingerprint density at radius 3 is 1.22 bits per heavy atom. The third kappa shape index (κ3) is 5.40. The van der Waals surface area contributed by atoms with E-state index in [1.807, 2.05) is 0 Å². The Morgan fingerprint density at radius 2 is 0.638 bits per heavy atom. The van der Waals surface area contributed by atoms with Crippen LogP contribution in [0.2, 0.25) is 0 Å². The van der Waals surface area contributed by atoms with Crippen molar-refractivity contribution in [1.29, 1.82) is 0 Å². The van der Waals surface area contributed by atoms with Gasteiger partial charge in [-0.1, -0.05) is 243 Å². The van der Waals surface area contributed by atoms with Gasteiger partial charge in [-0.15, -0.1) is 0 Å². The van der Waals surface area contributed by atoms with E-state index in [2.05, 4.69) is 255 Å². The first-order valence-electron chi connectivity index (χ1n) is 24.2. The molecule has 318 valence electrons. The van der Waals surface area contributed by atoms with Gasteiger partial charge in [0.15, 0.2) is 0 Å². The molecule has 0 saturated heterocycles. The predicted molar refractivity (Wildman–Crippen MR) is 292 cm³/mol. The van der Waals surface area contributed by atoms with Crippen LogP contribution in [0.4, 0.5) is 0 Å². The highest BCUT2D eigenvalue weighted by atomic mass is 14.5. The lowest BCUT2D eigenvalue weighted by molar-refractivity contribution is 0.803. The maximum Gasteiger partial charge on any atom is 0.0732 e. The van der Waals surface area contributed by atoms with Crippen molar-refractivity contribution in [3.63, 3.8) is 0 Å². The molecule has 0 nitrogen and oxygen atoms in total. The molecule has 1 spiro atoms. The summed E-state index contributed by atoms with van der Waals surface area (Å²) in [7, 11) is 0. The smallest absolute Gasteiger partial charge is 0.0619 e. The Hall–Kier alpha value is -8.84. The van der Waals surface area contributed by atoms with Crippen LogP contribution in [-0.4, -0.2) is 0 Å². The number of hydrogen-bond acceptors (Lipinski definition) is 0. The number of benzene rings is 13. The fraction of sp³-hybridized carbons (Fsp3) is 0.0145. The van der Waals surface area contributed by atoms with Crippen LogP contribution in [-0.2, 0) is 5.41 Å². The van der Waals surface area contributed by atoms with Crippen LogP contribution >= 0.6 is 0 Å². The molecule has 0 heterocycles. The molecular formula is C69H42. The third-order valence-corrected chi connectivity index (χ3v) is 15.7. The van der Waals surface area contributed by atoms with E-state index < -0.39 is 5.41 Å². The first kappa shape index (κ1) is 38.3. The first-order chi connectivity index (χ1) is 34.2. The van der Waals surface area contributed by atoms with E-state index in [4.69, 9.17) is 0 Å². The SMILES string of the molecule is c1ccc2c(c1)-c1c(c3c4ccccc4ccc3c3ccccc13)C21c2cc(-c3ccc(-c4cccc5ccccc45)cc3)ccc2-c2ccc(-c3ccc(-c4cccc5ccccc45)cc3)cc21. The molecule has 0 unspecified atom stereocenters. The zero-order valence-electron chi connectivity index (χ0n) is 37.7. The van der Waals surface area contributed by atoms with Crippen LogP contribution in [0.25, 0.3) is 121 Å². The van der Waals surface area contributed by atoms with Gasteiger partial charge in [-0.05, 0) is 155 Å². The second-order valence-electron chi connectivity index (χ2n) is 19.0. The molecular weight excluding hydrogens is 829 g/mol. The van der Waals surface area contributed by atoms with Crippen LogP contribution in [0, 0.1) is 0 Å². The van der Waals surface area contributed by atoms with Crippen molar-refractivity contribution in [2.45, 2.75) is 5.41 Å². The largest absolute Gasteiger partial charge is 0.0732 e. The van der Waals surface area contributed by atoms with E-state index in [1.54, 1.807) is 0 Å². The van der Waals surface area contributed by atoms with Crippen molar-refractivity contribution < 1.29 is 0 Å². The van der Waals surface area contributed by atoms with E-state index in [-0.39, 0.29) is 0 Å². The lowest BCUT2D eigenvalue weighted by Crippen LogP contribution is -2.26. The summed E-state index contributed by atoms with van der Waals surface area (Å²) >= 11 is 0. The van der Waals surface area contributed by atoms with Gasteiger partial charge in [0.05, 0.1) is 5.41 Å². The molecule has 0 saturated carbocycles. The minimum atomic E-state index is -0.610. The average Bonchev–Trinajstić information content (AvgIpc) is 3.90. The van der Waals surface area contributed by atoms with Crippen LogP contribution in [0.3, 0.4) is 0 Å². The van der Waals surface area contributed by atoms with Crippen molar-refractivity contribution in [3.05, 3.63) is 277 Å². The van der Waals surface area contributed by atoms with Crippen molar-refractivity contribution in [3.8, 4) is 66.8 Å². The van der Waals surface area contributed by atoms with E-state index in [0.717, 1.165) is 0 Å². The fourth-order valence-corrected chi connectivity index (χ4v) is 12.7. The van der Waals surface area contributed by atoms with E-state index >= 15 is 0 Å². The second-order valence-corrected chi connectivity index (χ2v) is 19.0. The summed E-state index contributed by atoms with van der Waals surface area (Å²) in [5.41, 5.74) is 19.9. The summed E-state index contributed by atoms with van der Waals surface area (Å²) < 4.78 is 0. The molecule has 69 heavy (non-hydrogen) atoms. The Morgan fingerprint density at radius 1 is 0.217 bits per heavy atom. The second kappa shape index (κ2) is 14.6. The molecule has 2 aliphatic rings. The van der Waals surface area contributed by atoms with Crippen molar-refractivity contribution >= 4 is 53.9 Å². The zero-order chi connectivity index (χ0) is 45.2. The minimum Gasteiger partial charge on any atom is -0.0619 e. The summed E-state index contributed by atoms with van der Waals surface area (Å²) in [4.78, 5) is 0. The molecule has 0 bridgehead atoms. The maximum absolute atomic E-state index is 2.54. The molecule has 0 fully saturated rings. The van der Waals surface area contributed by atoms with Crippen molar-refractivity contribution in [1.82, 2.24) is 0 Å². The van der Waals surface area contributed by atoms with Gasteiger partial charge in [0, 0.05) is 0 Å². The number of hydrogen-bond donors (Lipinski definition) is 0. The summed E-state index contributed by atoms with van der Waals surface area (Å²) in [6.45, 7) is 0. The van der Waals surface area contributed by atoms with E-state index in [1.165, 1.54) is 143 Å². The molecule has 0 N–H and O–H groups in total. The molecule has 0 aromatic heterocycles. The third-order valence-electron chi connectivity index (χ3n) is 15.7. The highest BCUT2D eigenvalue weighted by Gasteiger charge is 2.53. The number of rotatable bonds is 4. The molecule has 0 heteroatoms. The van der Waals surface area contributed by atoms with E-state index in [0.29, 0.717) is 0 Å². The molecule has 13 aromatic carbocycles. The molecule has 15 rings (SSSR count). The highest BCUT2D eigenvalue weighted by Crippen LogP contribution is 2.66. The monoisotopic (exact) mass is 870 g/mol. The van der Waals surface area contributed by atoms with Gasteiger partial charge < -0.3 is 0 Å². The molecule has 0 aliphatic heterocycles. The summed E-state index contributed by atoms with van der Waals surface area (Å²) in [6, 6.07) is 95.9. The summed E-state index contributed by atoms with van der Waals surface area (Å²) in [5.74, 6) is 0. The Bertz CT molecular complexity index is 4100. The van der Waals surface area contributed by atoms with Crippen molar-refractivity contribution in [2.24, 2.45) is 0 Å². The zero-order valence-corrected chi connectivity index (χ0v) is 37.7. The quantitative estimate of drug-likeness (QED) is 0.155. The minimum absolute atomic E-state index is 0.610. The van der Waals surface area contributed by atoms with Gasteiger partial charge >= 0.3 is 0 Å². The molecule has 0 atom stereocenters. The first-order valence-corrected chi connectivity index (χ1v) is 24.2. The molecule has 0 radical (unpaired) electrons. The molecule has 13 aromatic rings.